The molecule has 48 heavy (non-hydrogen) atoms. The number of amides is 1. The van der Waals surface area contributed by atoms with Crippen LogP contribution < -0.4 is 18.9 Å². The summed E-state index contributed by atoms with van der Waals surface area (Å²) >= 11 is 0. The van der Waals surface area contributed by atoms with E-state index in [2.05, 4.69) is 11.9 Å². The molecule has 0 aromatic heterocycles. The first kappa shape index (κ1) is 38.3. The fourth-order valence-corrected chi connectivity index (χ4v) is 5.32. The molecule has 266 valence electrons. The quantitative estimate of drug-likeness (QED) is 0.228. The molecular weight excluding hydrogens is 620 g/mol. The summed E-state index contributed by atoms with van der Waals surface area (Å²) in [4.78, 5) is 39.3. The van der Waals surface area contributed by atoms with Gasteiger partial charge in [0, 0.05) is 13.1 Å². The van der Waals surface area contributed by atoms with Gasteiger partial charge in [-0.05, 0) is 115 Å². The minimum absolute atomic E-state index is 0.262. The van der Waals surface area contributed by atoms with Gasteiger partial charge in [-0.15, -0.1) is 0 Å². The van der Waals surface area contributed by atoms with Gasteiger partial charge < -0.3 is 43.0 Å². The third kappa shape index (κ3) is 11.8. The zero-order valence-corrected chi connectivity index (χ0v) is 29.7. The van der Waals surface area contributed by atoms with Crippen molar-refractivity contribution < 1.29 is 47.5 Å². The number of hydrogen-bond donors (Lipinski definition) is 0. The van der Waals surface area contributed by atoms with E-state index in [9.17, 15) is 14.4 Å². The Balaban J connectivity index is 0.000000269. The summed E-state index contributed by atoms with van der Waals surface area (Å²) < 4.78 is 37.2. The van der Waals surface area contributed by atoms with E-state index in [1.165, 1.54) is 21.3 Å². The van der Waals surface area contributed by atoms with Gasteiger partial charge in [-0.1, -0.05) is 0 Å². The van der Waals surface area contributed by atoms with E-state index in [-0.39, 0.29) is 12.1 Å². The van der Waals surface area contributed by atoms with E-state index in [0.29, 0.717) is 72.3 Å². The Morgan fingerprint density at radius 1 is 0.667 bits per heavy atom. The molecule has 2 aromatic rings. The molecule has 2 aromatic carbocycles. The summed E-state index contributed by atoms with van der Waals surface area (Å²) in [7, 11) is 7.94. The highest BCUT2D eigenvalue weighted by molar-refractivity contribution is 5.90. The van der Waals surface area contributed by atoms with Crippen molar-refractivity contribution in [1.29, 1.82) is 0 Å². The second kappa shape index (κ2) is 18.4. The predicted octanol–water partition coefficient (Wildman–Crippen LogP) is 5.71. The summed E-state index contributed by atoms with van der Waals surface area (Å²) in [5.74, 6) is 2.42. The van der Waals surface area contributed by atoms with Gasteiger partial charge in [0.15, 0.2) is 23.0 Å². The van der Waals surface area contributed by atoms with E-state index in [1.54, 1.807) is 48.4 Å². The first-order chi connectivity index (χ1) is 22.9. The topological polar surface area (TPSA) is 122 Å². The van der Waals surface area contributed by atoms with Crippen LogP contribution in [-0.4, -0.2) is 108 Å². The number of methoxy groups -OCH3 is 4. The van der Waals surface area contributed by atoms with Gasteiger partial charge in [0.25, 0.3) is 0 Å². The lowest BCUT2D eigenvalue weighted by Crippen LogP contribution is -2.42. The molecule has 2 aliphatic heterocycles. The fourth-order valence-electron chi connectivity index (χ4n) is 5.32. The maximum atomic E-state index is 12.1. The molecule has 0 N–H and O–H groups in total. The van der Waals surface area contributed by atoms with Gasteiger partial charge in [-0.25, -0.2) is 14.4 Å². The number of piperidine rings is 2. The molecule has 0 unspecified atom stereocenters. The van der Waals surface area contributed by atoms with Gasteiger partial charge >= 0.3 is 18.0 Å². The maximum Gasteiger partial charge on any atom is 0.410 e. The standard InChI is InChI=1S/C20H29NO6.C16H23NO4/c1-20(2,3)27-19(23)21-10-8-14(9-11-21)13-26-16-7-6-15(18(22)25-5)12-17(16)24-4;1-17-8-6-12(7-9-17)11-21-14-5-4-13(16(18)20-3)10-15(14)19-2/h6-7,12,14H,8-11,13H2,1-5H3;4-5,10,12H,6-9,11H2,1-3H3. The summed E-state index contributed by atoms with van der Waals surface area (Å²) in [6, 6.07) is 10.1. The number of esters is 2. The van der Waals surface area contributed by atoms with Crippen molar-refractivity contribution in [3.8, 4) is 23.0 Å². The number of ether oxygens (including phenoxy) is 7. The van der Waals surface area contributed by atoms with Crippen LogP contribution in [0.1, 0.15) is 67.2 Å². The second-order valence-electron chi connectivity index (χ2n) is 13.0. The Bertz CT molecular complexity index is 1340. The SMILES string of the molecule is COC(=O)c1ccc(OCC2CCN(C(=O)OC(C)(C)C)CC2)c(OC)c1.COC(=O)c1ccc(OCC2CCN(C)CC2)c(OC)c1. The van der Waals surface area contributed by atoms with E-state index < -0.39 is 11.6 Å². The number of hydrogen-bond acceptors (Lipinski definition) is 11. The summed E-state index contributed by atoms with van der Waals surface area (Å²) in [6.07, 6.45) is 3.74. The maximum absolute atomic E-state index is 12.1. The van der Waals surface area contributed by atoms with Crippen molar-refractivity contribution in [1.82, 2.24) is 9.80 Å². The highest BCUT2D eigenvalue weighted by atomic mass is 16.6. The summed E-state index contributed by atoms with van der Waals surface area (Å²) in [6.45, 7) is 10.3. The van der Waals surface area contributed by atoms with Crippen LogP contribution in [0, 0.1) is 11.8 Å². The molecule has 0 saturated carbocycles. The third-order valence-electron chi connectivity index (χ3n) is 8.22. The first-order valence-electron chi connectivity index (χ1n) is 16.3. The van der Waals surface area contributed by atoms with Crippen LogP contribution in [0.5, 0.6) is 23.0 Å². The van der Waals surface area contributed by atoms with E-state index in [1.807, 2.05) is 20.8 Å². The molecule has 0 bridgehead atoms. The molecule has 0 spiro atoms. The van der Waals surface area contributed by atoms with Crippen LogP contribution in [0.2, 0.25) is 0 Å². The normalized spacial score (nSPS) is 15.8. The van der Waals surface area contributed by atoms with Crippen LogP contribution in [0.4, 0.5) is 4.79 Å². The highest BCUT2D eigenvalue weighted by Crippen LogP contribution is 2.31. The lowest BCUT2D eigenvalue weighted by atomic mass is 9.98. The zero-order chi connectivity index (χ0) is 35.3. The molecule has 12 heteroatoms. The van der Waals surface area contributed by atoms with Crippen LogP contribution in [-0.2, 0) is 14.2 Å². The minimum Gasteiger partial charge on any atom is -0.493 e. The van der Waals surface area contributed by atoms with Crippen molar-refractivity contribution in [3.63, 3.8) is 0 Å². The molecule has 2 heterocycles. The van der Waals surface area contributed by atoms with Gasteiger partial charge in [-0.2, -0.15) is 0 Å². The predicted molar refractivity (Wildman–Crippen MR) is 180 cm³/mol. The Morgan fingerprint density at radius 3 is 1.46 bits per heavy atom. The van der Waals surface area contributed by atoms with E-state index in [0.717, 1.165) is 38.8 Å². The van der Waals surface area contributed by atoms with Crippen molar-refractivity contribution in [2.45, 2.75) is 52.1 Å². The Labute approximate surface area is 284 Å². The van der Waals surface area contributed by atoms with Crippen molar-refractivity contribution in [3.05, 3.63) is 47.5 Å². The molecule has 0 radical (unpaired) electrons. The molecule has 0 aliphatic carbocycles. The number of benzene rings is 2. The molecule has 2 aliphatic rings. The van der Waals surface area contributed by atoms with Gasteiger partial charge in [0.2, 0.25) is 0 Å². The van der Waals surface area contributed by atoms with Crippen molar-refractivity contribution >= 4 is 18.0 Å². The molecule has 4 rings (SSSR count). The molecule has 1 amide bonds. The number of carbonyl (C=O) groups is 3. The van der Waals surface area contributed by atoms with Gasteiger partial charge in [-0.3, -0.25) is 0 Å². The van der Waals surface area contributed by atoms with E-state index >= 15 is 0 Å². The number of carbonyl (C=O) groups excluding carboxylic acids is 3. The van der Waals surface area contributed by atoms with E-state index in [4.69, 9.17) is 33.2 Å². The first-order valence-corrected chi connectivity index (χ1v) is 16.3. The van der Waals surface area contributed by atoms with Crippen LogP contribution in [0.3, 0.4) is 0 Å². The second-order valence-corrected chi connectivity index (χ2v) is 13.0. The molecule has 2 saturated heterocycles. The molecule has 2 fully saturated rings. The molecular formula is C36H52N2O10. The number of rotatable bonds is 10. The lowest BCUT2D eigenvalue weighted by molar-refractivity contribution is 0.0164. The smallest absolute Gasteiger partial charge is 0.410 e. The van der Waals surface area contributed by atoms with Gasteiger partial charge in [0.1, 0.15) is 5.60 Å². The lowest BCUT2D eigenvalue weighted by Gasteiger charge is -2.33. The van der Waals surface area contributed by atoms with Crippen LogP contribution in [0.15, 0.2) is 36.4 Å². The average molecular weight is 673 g/mol. The highest BCUT2D eigenvalue weighted by Gasteiger charge is 2.27. The van der Waals surface area contributed by atoms with Crippen molar-refractivity contribution in [2.75, 3.05) is 74.9 Å². The molecule has 12 nitrogen and oxygen atoms in total. The average Bonchev–Trinajstić information content (AvgIpc) is 3.09. The number of nitrogens with zero attached hydrogens (tertiary/aromatic N) is 2. The Hall–Kier alpha value is -4.19. The van der Waals surface area contributed by atoms with Gasteiger partial charge in [0.05, 0.1) is 52.8 Å². The summed E-state index contributed by atoms with van der Waals surface area (Å²) in [5.41, 5.74) is 0.387. The Kier molecular flexibility index (Phi) is 14.6. The van der Waals surface area contributed by atoms with Crippen molar-refractivity contribution in [2.24, 2.45) is 11.8 Å². The van der Waals surface area contributed by atoms with Crippen LogP contribution in [0.25, 0.3) is 0 Å². The third-order valence-corrected chi connectivity index (χ3v) is 8.22. The summed E-state index contributed by atoms with van der Waals surface area (Å²) in [5, 5.41) is 0. The Morgan fingerprint density at radius 2 is 1.08 bits per heavy atom. The number of likely N-dealkylation sites (tertiary alicyclic amines) is 2. The van der Waals surface area contributed by atoms with Crippen LogP contribution >= 0.6 is 0 Å². The molecule has 0 atom stereocenters. The fraction of sp³-hybridized carbons (Fsp3) is 0.583. The minimum atomic E-state index is -0.482. The zero-order valence-electron chi connectivity index (χ0n) is 29.7. The largest absolute Gasteiger partial charge is 0.493 e. The monoisotopic (exact) mass is 672 g/mol.